The third-order valence-corrected chi connectivity index (χ3v) is 2.43. The van der Waals surface area contributed by atoms with E-state index < -0.39 is 0 Å². The zero-order valence-electron chi connectivity index (χ0n) is 10.7. The summed E-state index contributed by atoms with van der Waals surface area (Å²) in [7, 11) is 0. The fourth-order valence-corrected chi connectivity index (χ4v) is 1.51. The molecular formula is C12H28N2O. The molecular weight excluding hydrogens is 188 g/mol. The number of nitrogens with zero attached hydrogens (tertiary/aromatic N) is 1. The summed E-state index contributed by atoms with van der Waals surface area (Å²) in [5.74, 6) is 0. The molecule has 0 amide bonds. The first-order valence-electron chi connectivity index (χ1n) is 6.35. The maximum absolute atomic E-state index is 4.98. The van der Waals surface area contributed by atoms with Gasteiger partial charge in [-0.1, -0.05) is 13.8 Å². The maximum atomic E-state index is 4.98. The van der Waals surface area contributed by atoms with Crippen LogP contribution >= 0.6 is 0 Å². The van der Waals surface area contributed by atoms with Crippen LogP contribution in [0.15, 0.2) is 0 Å². The quantitative estimate of drug-likeness (QED) is 0.724. The predicted molar refractivity (Wildman–Crippen MR) is 66.4 cm³/mol. The van der Waals surface area contributed by atoms with Crippen molar-refractivity contribution in [3.8, 4) is 0 Å². The fraction of sp³-hybridized carbons (Fsp3) is 1.00. The van der Waals surface area contributed by atoms with Crippen LogP contribution in [0.1, 0.15) is 33.6 Å². The van der Waals surface area contributed by atoms with Crippen molar-refractivity contribution in [2.24, 2.45) is 0 Å². The van der Waals surface area contributed by atoms with E-state index in [2.05, 4.69) is 24.1 Å². The molecule has 0 aromatic heterocycles. The molecule has 15 heavy (non-hydrogen) atoms. The number of ether oxygens (including phenoxy) is 1. The lowest BCUT2D eigenvalue weighted by Gasteiger charge is -2.15. The Morgan fingerprint density at radius 3 is 2.47 bits per heavy atom. The molecule has 1 N–H and O–H groups in total. The first kappa shape index (κ1) is 14.9. The first-order valence-corrected chi connectivity index (χ1v) is 6.35. The Balaban J connectivity index is 0.000000288. The van der Waals surface area contributed by atoms with Crippen molar-refractivity contribution in [3.05, 3.63) is 0 Å². The van der Waals surface area contributed by atoms with E-state index in [1.807, 2.05) is 6.92 Å². The van der Waals surface area contributed by atoms with E-state index in [0.29, 0.717) is 0 Å². The highest BCUT2D eigenvalue weighted by Crippen LogP contribution is 1.92. The van der Waals surface area contributed by atoms with Crippen molar-refractivity contribution >= 4 is 0 Å². The minimum Gasteiger partial charge on any atom is -0.382 e. The third-order valence-electron chi connectivity index (χ3n) is 2.43. The van der Waals surface area contributed by atoms with Crippen molar-refractivity contribution in [2.75, 3.05) is 45.9 Å². The van der Waals surface area contributed by atoms with Crippen LogP contribution in [-0.4, -0.2) is 50.8 Å². The lowest BCUT2D eigenvalue weighted by Crippen LogP contribution is -2.27. The maximum Gasteiger partial charge on any atom is 0.0463 e. The Morgan fingerprint density at radius 2 is 1.93 bits per heavy atom. The average Bonchev–Trinajstić information content (AvgIpc) is 2.55. The zero-order valence-corrected chi connectivity index (χ0v) is 10.7. The highest BCUT2D eigenvalue weighted by atomic mass is 16.5. The van der Waals surface area contributed by atoms with Gasteiger partial charge >= 0.3 is 0 Å². The molecule has 0 aromatic carbocycles. The summed E-state index contributed by atoms with van der Waals surface area (Å²) in [6, 6.07) is 0. The number of hydrogen-bond donors (Lipinski definition) is 1. The van der Waals surface area contributed by atoms with Gasteiger partial charge in [0.1, 0.15) is 0 Å². The summed E-state index contributed by atoms with van der Waals surface area (Å²) in [6.45, 7) is 14.2. The number of nitrogens with one attached hydrogen (secondary N) is 1. The molecule has 1 saturated heterocycles. The second-order valence-electron chi connectivity index (χ2n) is 3.73. The van der Waals surface area contributed by atoms with Crippen LogP contribution in [0, 0.1) is 0 Å². The highest BCUT2D eigenvalue weighted by molar-refractivity contribution is 4.63. The molecule has 0 radical (unpaired) electrons. The van der Waals surface area contributed by atoms with Gasteiger partial charge in [-0.3, -0.25) is 0 Å². The lowest BCUT2D eigenvalue weighted by atomic mass is 10.4. The lowest BCUT2D eigenvalue weighted by molar-refractivity contribution is 0.148. The van der Waals surface area contributed by atoms with Crippen LogP contribution < -0.4 is 5.32 Å². The van der Waals surface area contributed by atoms with Gasteiger partial charge in [-0.05, 0) is 39.4 Å². The highest BCUT2D eigenvalue weighted by Gasteiger charge is 2.03. The van der Waals surface area contributed by atoms with Gasteiger partial charge in [0.05, 0.1) is 0 Å². The van der Waals surface area contributed by atoms with Crippen LogP contribution in [0.4, 0.5) is 0 Å². The van der Waals surface area contributed by atoms with E-state index >= 15 is 0 Å². The molecule has 1 aliphatic rings. The van der Waals surface area contributed by atoms with Crippen LogP contribution in [-0.2, 0) is 4.74 Å². The molecule has 1 aliphatic heterocycles. The molecule has 0 spiro atoms. The van der Waals surface area contributed by atoms with Gasteiger partial charge in [-0.25, -0.2) is 0 Å². The molecule has 0 unspecified atom stereocenters. The van der Waals surface area contributed by atoms with Gasteiger partial charge in [0.25, 0.3) is 0 Å². The molecule has 1 rings (SSSR count). The summed E-state index contributed by atoms with van der Waals surface area (Å²) < 4.78 is 4.98. The summed E-state index contributed by atoms with van der Waals surface area (Å²) >= 11 is 0. The Hall–Kier alpha value is -0.120. The summed E-state index contributed by atoms with van der Waals surface area (Å²) in [6.07, 6.45) is 2.45. The van der Waals surface area contributed by atoms with Gasteiger partial charge in [-0.15, -0.1) is 0 Å². The van der Waals surface area contributed by atoms with E-state index in [-0.39, 0.29) is 0 Å². The van der Waals surface area contributed by atoms with Crippen molar-refractivity contribution in [3.63, 3.8) is 0 Å². The molecule has 0 bridgehead atoms. The van der Waals surface area contributed by atoms with Gasteiger partial charge in [-0.2, -0.15) is 0 Å². The Labute approximate surface area is 95.2 Å². The molecule has 0 aliphatic carbocycles. The molecule has 0 saturated carbocycles. The minimum atomic E-state index is 0.855. The smallest absolute Gasteiger partial charge is 0.0463 e. The number of hydrogen-bond acceptors (Lipinski definition) is 3. The topological polar surface area (TPSA) is 24.5 Å². The van der Waals surface area contributed by atoms with Crippen LogP contribution in [0.5, 0.6) is 0 Å². The van der Waals surface area contributed by atoms with E-state index in [9.17, 15) is 0 Å². The van der Waals surface area contributed by atoms with Gasteiger partial charge in [0.2, 0.25) is 0 Å². The second-order valence-corrected chi connectivity index (χ2v) is 3.73. The van der Waals surface area contributed by atoms with E-state index in [1.165, 1.54) is 39.1 Å². The molecule has 1 fully saturated rings. The summed E-state index contributed by atoms with van der Waals surface area (Å²) in [5.41, 5.74) is 0. The van der Waals surface area contributed by atoms with Crippen LogP contribution in [0.3, 0.4) is 0 Å². The largest absolute Gasteiger partial charge is 0.382 e. The minimum absolute atomic E-state index is 0.855. The van der Waals surface area contributed by atoms with Crippen molar-refractivity contribution in [1.29, 1.82) is 0 Å². The van der Waals surface area contributed by atoms with Crippen molar-refractivity contribution < 1.29 is 4.74 Å². The van der Waals surface area contributed by atoms with Crippen LogP contribution in [0.25, 0.3) is 0 Å². The Morgan fingerprint density at radius 1 is 1.13 bits per heavy atom. The second kappa shape index (κ2) is 12.0. The van der Waals surface area contributed by atoms with E-state index in [0.717, 1.165) is 19.6 Å². The number of rotatable bonds is 4. The molecule has 3 heteroatoms. The summed E-state index contributed by atoms with van der Waals surface area (Å²) in [5, 5.41) is 3.37. The normalized spacial score (nSPS) is 17.8. The fourth-order valence-electron chi connectivity index (χ4n) is 1.51. The third kappa shape index (κ3) is 10.2. The first-order chi connectivity index (χ1) is 7.35. The molecule has 0 aromatic rings. The molecule has 3 nitrogen and oxygen atoms in total. The summed E-state index contributed by atoms with van der Waals surface area (Å²) in [4.78, 5) is 2.49. The Bertz CT molecular complexity index is 108. The van der Waals surface area contributed by atoms with Gasteiger partial charge in [0, 0.05) is 26.3 Å². The van der Waals surface area contributed by atoms with Crippen molar-refractivity contribution in [1.82, 2.24) is 10.2 Å². The van der Waals surface area contributed by atoms with E-state index in [4.69, 9.17) is 4.74 Å². The average molecular weight is 216 g/mol. The van der Waals surface area contributed by atoms with Crippen LogP contribution in [0.2, 0.25) is 0 Å². The zero-order chi connectivity index (χ0) is 11.4. The molecule has 1 heterocycles. The van der Waals surface area contributed by atoms with Gasteiger partial charge < -0.3 is 15.0 Å². The Kier molecular flexibility index (Phi) is 11.9. The SMILES string of the molecule is CCCOCC.CCN1CCCNCC1. The monoisotopic (exact) mass is 216 g/mol. The standard InChI is InChI=1S/C7H16N2.C5H12O/c1-2-9-6-3-4-8-5-7-9;1-3-5-6-4-2/h8H,2-7H2,1H3;3-5H2,1-2H3. The number of likely N-dealkylation sites (N-methyl/N-ethyl adjacent to an activating group) is 1. The predicted octanol–water partition coefficient (Wildman–Crippen LogP) is 1.73. The molecule has 92 valence electrons. The van der Waals surface area contributed by atoms with Crippen molar-refractivity contribution in [2.45, 2.75) is 33.6 Å². The van der Waals surface area contributed by atoms with E-state index in [1.54, 1.807) is 0 Å². The van der Waals surface area contributed by atoms with Gasteiger partial charge in [0.15, 0.2) is 0 Å². The molecule has 0 atom stereocenters.